The molecule has 0 saturated carbocycles. The van der Waals surface area contributed by atoms with Crippen LogP contribution in [0.25, 0.3) is 0 Å². The molecule has 0 aliphatic rings. The number of nitrogens with zero attached hydrogens (tertiary/aromatic N) is 2. The first-order valence-electron chi connectivity index (χ1n) is 9.11. The fourth-order valence-electron chi connectivity index (χ4n) is 2.59. The van der Waals surface area contributed by atoms with Gasteiger partial charge in [-0.15, -0.1) is 0 Å². The van der Waals surface area contributed by atoms with E-state index in [-0.39, 0.29) is 26.2 Å². The van der Waals surface area contributed by atoms with Crippen molar-refractivity contribution in [2.45, 2.75) is 13.1 Å². The van der Waals surface area contributed by atoms with Gasteiger partial charge >= 0.3 is 23.9 Å². The monoisotopic (exact) mass is 424 g/mol. The molecule has 0 unspecified atom stereocenters. The molecule has 0 heterocycles. The van der Waals surface area contributed by atoms with E-state index in [1.807, 2.05) is 24.3 Å². The SMILES string of the molecule is COC(=O)CN(CC(=O)OC)Cc1ccc(CN(CC(=O)OC)CC(=O)OC)cc1. The van der Waals surface area contributed by atoms with Crippen molar-refractivity contribution in [3.05, 3.63) is 35.4 Å². The summed E-state index contributed by atoms with van der Waals surface area (Å²) in [5.74, 6) is -1.85. The molecule has 0 bridgehead atoms. The Hall–Kier alpha value is -2.98. The van der Waals surface area contributed by atoms with E-state index in [1.165, 1.54) is 28.4 Å². The lowest BCUT2D eigenvalue weighted by Gasteiger charge is -2.21. The quantitative estimate of drug-likeness (QED) is 0.335. The zero-order valence-corrected chi connectivity index (χ0v) is 17.7. The molecule has 0 saturated heterocycles. The molecule has 0 atom stereocenters. The predicted octanol–water partition coefficient (Wildman–Crippen LogP) is -0.0174. The third kappa shape index (κ3) is 9.48. The van der Waals surface area contributed by atoms with Crippen LogP contribution in [0, 0.1) is 0 Å². The van der Waals surface area contributed by atoms with E-state index in [0.29, 0.717) is 13.1 Å². The summed E-state index contributed by atoms with van der Waals surface area (Å²) in [5.41, 5.74) is 1.72. The zero-order valence-electron chi connectivity index (χ0n) is 17.7. The molecule has 0 aliphatic carbocycles. The van der Waals surface area contributed by atoms with Gasteiger partial charge in [0.05, 0.1) is 54.6 Å². The summed E-state index contributed by atoms with van der Waals surface area (Å²) in [6, 6.07) is 7.35. The Kier molecular flexibility index (Phi) is 11.1. The summed E-state index contributed by atoms with van der Waals surface area (Å²) < 4.78 is 18.7. The maximum Gasteiger partial charge on any atom is 0.319 e. The Morgan fingerprint density at radius 2 is 0.800 bits per heavy atom. The molecule has 0 amide bonds. The maximum atomic E-state index is 11.6. The highest BCUT2D eigenvalue weighted by atomic mass is 16.5. The van der Waals surface area contributed by atoms with E-state index in [2.05, 4.69) is 18.9 Å². The fourth-order valence-corrected chi connectivity index (χ4v) is 2.59. The van der Waals surface area contributed by atoms with Gasteiger partial charge in [-0.3, -0.25) is 29.0 Å². The van der Waals surface area contributed by atoms with Crippen LogP contribution in [0.15, 0.2) is 24.3 Å². The molecule has 0 spiro atoms. The fraction of sp³-hybridized carbons (Fsp3) is 0.500. The van der Waals surface area contributed by atoms with E-state index in [9.17, 15) is 19.2 Å². The Bertz CT molecular complexity index is 623. The number of carbonyl (C=O) groups is 4. The highest BCUT2D eigenvalue weighted by Crippen LogP contribution is 2.11. The standard InChI is InChI=1S/C20H28N2O8/c1-27-17(23)11-21(12-18(24)28-2)9-15-5-7-16(8-6-15)10-22(13-19(25)29-3)14-20(26)30-4/h5-8H,9-14H2,1-4H3. The Morgan fingerprint density at radius 1 is 0.567 bits per heavy atom. The summed E-state index contributed by atoms with van der Waals surface area (Å²) in [6.45, 7) is 0.439. The first-order valence-corrected chi connectivity index (χ1v) is 9.11. The number of hydrogen-bond acceptors (Lipinski definition) is 10. The normalized spacial score (nSPS) is 10.6. The van der Waals surface area contributed by atoms with Crippen molar-refractivity contribution >= 4 is 23.9 Å². The zero-order chi connectivity index (χ0) is 22.5. The van der Waals surface area contributed by atoms with Gasteiger partial charge in [0.1, 0.15) is 0 Å². The molecule has 30 heavy (non-hydrogen) atoms. The van der Waals surface area contributed by atoms with Crippen LogP contribution in [0.4, 0.5) is 0 Å². The molecule has 1 aromatic carbocycles. The highest BCUT2D eigenvalue weighted by molar-refractivity contribution is 5.75. The summed E-state index contributed by atoms with van der Waals surface area (Å²) in [4.78, 5) is 49.6. The number of rotatable bonds is 12. The van der Waals surface area contributed by atoms with Crippen molar-refractivity contribution in [1.29, 1.82) is 0 Å². The van der Waals surface area contributed by atoms with Gasteiger partial charge in [-0.1, -0.05) is 24.3 Å². The van der Waals surface area contributed by atoms with Crippen LogP contribution in [-0.4, -0.2) is 88.3 Å². The summed E-state index contributed by atoms with van der Waals surface area (Å²) in [6.07, 6.45) is 0. The van der Waals surface area contributed by atoms with Gasteiger partial charge in [-0.2, -0.15) is 0 Å². The van der Waals surface area contributed by atoms with Crippen LogP contribution in [0.3, 0.4) is 0 Å². The van der Waals surface area contributed by atoms with Crippen LogP contribution in [0.1, 0.15) is 11.1 Å². The molecule has 1 aromatic rings. The van der Waals surface area contributed by atoms with Crippen LogP contribution < -0.4 is 0 Å². The minimum absolute atomic E-state index is 0.0562. The van der Waals surface area contributed by atoms with Crippen molar-refractivity contribution in [2.75, 3.05) is 54.6 Å². The predicted molar refractivity (Wildman–Crippen MR) is 105 cm³/mol. The van der Waals surface area contributed by atoms with Gasteiger partial charge in [0.15, 0.2) is 0 Å². The average molecular weight is 424 g/mol. The Labute approximate surface area is 175 Å². The van der Waals surface area contributed by atoms with Gasteiger partial charge in [-0.25, -0.2) is 0 Å². The molecule has 10 nitrogen and oxygen atoms in total. The smallest absolute Gasteiger partial charge is 0.319 e. The van der Waals surface area contributed by atoms with Crippen molar-refractivity contribution in [1.82, 2.24) is 9.80 Å². The molecule has 166 valence electrons. The third-order valence-corrected chi connectivity index (χ3v) is 4.16. The van der Waals surface area contributed by atoms with E-state index < -0.39 is 23.9 Å². The second-order valence-corrected chi connectivity index (χ2v) is 6.41. The number of carbonyl (C=O) groups excluding carboxylic acids is 4. The van der Waals surface area contributed by atoms with Crippen LogP contribution in [-0.2, 0) is 51.2 Å². The van der Waals surface area contributed by atoms with E-state index in [0.717, 1.165) is 11.1 Å². The second kappa shape index (κ2) is 13.3. The lowest BCUT2D eigenvalue weighted by atomic mass is 10.1. The van der Waals surface area contributed by atoms with Gasteiger partial charge in [-0.05, 0) is 11.1 Å². The molecule has 0 radical (unpaired) electrons. The molecule has 0 N–H and O–H groups in total. The highest BCUT2D eigenvalue weighted by Gasteiger charge is 2.17. The summed E-state index contributed by atoms with van der Waals surface area (Å²) >= 11 is 0. The summed E-state index contributed by atoms with van der Waals surface area (Å²) in [5, 5.41) is 0. The van der Waals surface area contributed by atoms with Crippen molar-refractivity contribution in [2.24, 2.45) is 0 Å². The van der Waals surface area contributed by atoms with Gasteiger partial charge < -0.3 is 18.9 Å². The van der Waals surface area contributed by atoms with Crippen LogP contribution in [0.2, 0.25) is 0 Å². The van der Waals surface area contributed by atoms with E-state index in [1.54, 1.807) is 9.80 Å². The van der Waals surface area contributed by atoms with Gasteiger partial charge in [0.25, 0.3) is 0 Å². The molecule has 10 heteroatoms. The van der Waals surface area contributed by atoms with Crippen molar-refractivity contribution in [3.8, 4) is 0 Å². The molecule has 0 aromatic heterocycles. The Morgan fingerprint density at radius 3 is 1.00 bits per heavy atom. The largest absolute Gasteiger partial charge is 0.468 e. The van der Waals surface area contributed by atoms with Crippen molar-refractivity contribution < 1.29 is 38.1 Å². The number of ether oxygens (including phenoxy) is 4. The van der Waals surface area contributed by atoms with Gasteiger partial charge in [0, 0.05) is 13.1 Å². The Balaban J connectivity index is 2.82. The first-order chi connectivity index (χ1) is 14.3. The topological polar surface area (TPSA) is 112 Å². The maximum absolute atomic E-state index is 11.6. The molecular formula is C20H28N2O8. The average Bonchev–Trinajstić information content (AvgIpc) is 2.74. The lowest BCUT2D eigenvalue weighted by molar-refractivity contribution is -0.147. The minimum Gasteiger partial charge on any atom is -0.468 e. The molecule has 1 rings (SSSR count). The first kappa shape index (κ1) is 25.1. The summed E-state index contributed by atoms with van der Waals surface area (Å²) in [7, 11) is 5.12. The van der Waals surface area contributed by atoms with Gasteiger partial charge in [0.2, 0.25) is 0 Å². The van der Waals surface area contributed by atoms with E-state index >= 15 is 0 Å². The minimum atomic E-state index is -0.461. The van der Waals surface area contributed by atoms with Crippen molar-refractivity contribution in [3.63, 3.8) is 0 Å². The van der Waals surface area contributed by atoms with E-state index in [4.69, 9.17) is 0 Å². The third-order valence-electron chi connectivity index (χ3n) is 4.16. The number of methoxy groups -OCH3 is 4. The molecular weight excluding hydrogens is 396 g/mol. The molecule has 0 fully saturated rings. The number of benzene rings is 1. The van der Waals surface area contributed by atoms with Crippen LogP contribution in [0.5, 0.6) is 0 Å². The number of esters is 4. The number of hydrogen-bond donors (Lipinski definition) is 0. The lowest BCUT2D eigenvalue weighted by Crippen LogP contribution is -2.35. The second-order valence-electron chi connectivity index (χ2n) is 6.41. The van der Waals surface area contributed by atoms with Crippen LogP contribution >= 0.6 is 0 Å². The molecule has 0 aliphatic heterocycles.